The number of nitrogens with zero attached hydrogens (tertiary/aromatic N) is 2. The molecule has 1 aromatic carbocycles. The van der Waals surface area contributed by atoms with Crippen molar-refractivity contribution in [3.05, 3.63) is 40.9 Å². The van der Waals surface area contributed by atoms with Gasteiger partial charge in [-0.2, -0.15) is 11.8 Å². The first-order chi connectivity index (χ1) is 19.9. The van der Waals surface area contributed by atoms with E-state index in [9.17, 15) is 14.4 Å². The standard InChI is InChI=1S/C33H47N3O3S2/c1-4-8-27(37)20-26(21-32-34-29-12-11-24(5-2)19-31(29)41-32)33(39)35-28(25-9-6-7-10-25)13-14-30(38)23(3)22-36-15-17-40-18-16-36/h11-12,19,25-26,28H,3-10,13-18,20-22H2,1-2H3,(H,35,39)/t26-,28+/m0/s1. The zero-order valence-electron chi connectivity index (χ0n) is 24.9. The van der Waals surface area contributed by atoms with E-state index in [1.54, 1.807) is 11.3 Å². The van der Waals surface area contributed by atoms with E-state index >= 15 is 0 Å². The van der Waals surface area contributed by atoms with Crippen LogP contribution in [0.3, 0.4) is 0 Å². The number of aromatic nitrogens is 1. The Morgan fingerprint density at radius 1 is 1.12 bits per heavy atom. The molecule has 2 heterocycles. The van der Waals surface area contributed by atoms with Crippen molar-refractivity contribution >= 4 is 50.8 Å². The predicted octanol–water partition coefficient (Wildman–Crippen LogP) is 6.41. The van der Waals surface area contributed by atoms with Crippen molar-refractivity contribution in [3.63, 3.8) is 0 Å². The minimum Gasteiger partial charge on any atom is -0.353 e. The maximum absolute atomic E-state index is 13.8. The summed E-state index contributed by atoms with van der Waals surface area (Å²) in [4.78, 5) is 46.7. The summed E-state index contributed by atoms with van der Waals surface area (Å²) in [5.74, 6) is 2.30. The van der Waals surface area contributed by atoms with Crippen molar-refractivity contribution in [3.8, 4) is 0 Å². The van der Waals surface area contributed by atoms with Crippen LogP contribution in [0.4, 0.5) is 0 Å². The Labute approximate surface area is 254 Å². The third-order valence-corrected chi connectivity index (χ3v) is 10.6. The molecule has 6 nitrogen and oxygen atoms in total. The highest BCUT2D eigenvalue weighted by atomic mass is 32.2. The molecule has 8 heteroatoms. The van der Waals surface area contributed by atoms with Gasteiger partial charge >= 0.3 is 0 Å². The molecule has 0 radical (unpaired) electrons. The molecule has 0 bridgehead atoms. The maximum atomic E-state index is 13.8. The van der Waals surface area contributed by atoms with Gasteiger partial charge < -0.3 is 5.32 Å². The number of ketones is 2. The van der Waals surface area contributed by atoms with Gasteiger partial charge in [-0.05, 0) is 55.7 Å². The number of Topliss-reactive ketones (excluding diaryl/α,β-unsaturated/α-hetero) is 2. The van der Waals surface area contributed by atoms with E-state index in [-0.39, 0.29) is 29.9 Å². The second-order valence-corrected chi connectivity index (χ2v) is 14.1. The van der Waals surface area contributed by atoms with E-state index in [0.29, 0.717) is 43.7 Å². The first kappa shape index (κ1) is 31.9. The summed E-state index contributed by atoms with van der Waals surface area (Å²) in [5.41, 5.74) is 2.90. The summed E-state index contributed by atoms with van der Waals surface area (Å²) >= 11 is 3.58. The molecule has 2 fully saturated rings. The fourth-order valence-electron chi connectivity index (χ4n) is 6.11. The SMILES string of the molecule is C=C(CN1CCSCC1)C(=O)CC[C@@H](NC(=O)[C@@H](CC(=O)CCC)Cc1nc2ccc(CC)cc2s1)C1CCCC1. The fraction of sp³-hybridized carbons (Fsp3) is 0.636. The molecule has 1 aliphatic carbocycles. The van der Waals surface area contributed by atoms with Crippen molar-refractivity contribution in [2.75, 3.05) is 31.1 Å². The van der Waals surface area contributed by atoms with Gasteiger partial charge in [-0.3, -0.25) is 19.3 Å². The van der Waals surface area contributed by atoms with Gasteiger partial charge in [0.2, 0.25) is 5.91 Å². The molecular formula is C33H47N3O3S2. The van der Waals surface area contributed by atoms with Crippen LogP contribution in [0.15, 0.2) is 30.4 Å². The van der Waals surface area contributed by atoms with Crippen molar-refractivity contribution in [1.82, 2.24) is 15.2 Å². The minimum atomic E-state index is -0.452. The fourth-order valence-corrected chi connectivity index (χ4v) is 8.20. The second-order valence-electron chi connectivity index (χ2n) is 11.8. The summed E-state index contributed by atoms with van der Waals surface area (Å²) in [6.45, 7) is 10.9. The highest BCUT2D eigenvalue weighted by molar-refractivity contribution is 7.99. The topological polar surface area (TPSA) is 79.4 Å². The summed E-state index contributed by atoms with van der Waals surface area (Å²) in [6, 6.07) is 6.28. The Kier molecular flexibility index (Phi) is 12.4. The van der Waals surface area contributed by atoms with E-state index < -0.39 is 5.92 Å². The number of aryl methyl sites for hydroxylation is 1. The van der Waals surface area contributed by atoms with Gasteiger partial charge in [-0.15, -0.1) is 11.3 Å². The van der Waals surface area contributed by atoms with Gasteiger partial charge in [-0.25, -0.2) is 4.98 Å². The van der Waals surface area contributed by atoms with Crippen molar-refractivity contribution in [1.29, 1.82) is 0 Å². The smallest absolute Gasteiger partial charge is 0.224 e. The molecule has 1 aliphatic heterocycles. The number of amides is 1. The number of rotatable bonds is 16. The molecule has 1 saturated carbocycles. The summed E-state index contributed by atoms with van der Waals surface area (Å²) in [6.07, 6.45) is 8.42. The quantitative estimate of drug-likeness (QED) is 0.226. The first-order valence-corrected chi connectivity index (χ1v) is 17.5. The summed E-state index contributed by atoms with van der Waals surface area (Å²) in [7, 11) is 0. The number of hydrogen-bond acceptors (Lipinski definition) is 7. The lowest BCUT2D eigenvalue weighted by atomic mass is 9.90. The lowest BCUT2D eigenvalue weighted by Crippen LogP contribution is -2.44. The van der Waals surface area contributed by atoms with Crippen LogP contribution in [0.25, 0.3) is 10.2 Å². The van der Waals surface area contributed by atoms with E-state index in [1.807, 2.05) is 18.7 Å². The van der Waals surface area contributed by atoms with Crippen molar-refractivity contribution < 1.29 is 14.4 Å². The van der Waals surface area contributed by atoms with Gasteiger partial charge in [-0.1, -0.05) is 39.3 Å². The lowest BCUT2D eigenvalue weighted by molar-refractivity contribution is -0.130. The summed E-state index contributed by atoms with van der Waals surface area (Å²) in [5, 5.41) is 4.25. The molecule has 224 valence electrons. The highest BCUT2D eigenvalue weighted by Crippen LogP contribution is 2.31. The molecule has 1 saturated heterocycles. The largest absolute Gasteiger partial charge is 0.353 e. The molecule has 1 amide bonds. The Morgan fingerprint density at radius 2 is 1.88 bits per heavy atom. The van der Waals surface area contributed by atoms with Crippen molar-refractivity contribution in [2.24, 2.45) is 11.8 Å². The van der Waals surface area contributed by atoms with Crippen LogP contribution in [-0.2, 0) is 27.2 Å². The van der Waals surface area contributed by atoms with Gasteiger partial charge in [0.05, 0.1) is 21.1 Å². The van der Waals surface area contributed by atoms with Crippen LogP contribution in [0.1, 0.15) is 82.2 Å². The number of nitrogens with one attached hydrogen (secondary N) is 1. The van der Waals surface area contributed by atoms with Crippen molar-refractivity contribution in [2.45, 2.75) is 90.5 Å². The van der Waals surface area contributed by atoms with Crippen LogP contribution in [0, 0.1) is 11.8 Å². The van der Waals surface area contributed by atoms with Crippen LogP contribution in [-0.4, -0.2) is 64.5 Å². The molecule has 0 unspecified atom stereocenters. The zero-order chi connectivity index (χ0) is 29.2. The molecule has 41 heavy (non-hydrogen) atoms. The van der Waals surface area contributed by atoms with Gasteiger partial charge in [0.15, 0.2) is 5.78 Å². The van der Waals surface area contributed by atoms with Crippen LogP contribution in [0.2, 0.25) is 0 Å². The van der Waals surface area contributed by atoms with E-state index in [4.69, 9.17) is 4.98 Å². The molecule has 1 N–H and O–H groups in total. The predicted molar refractivity (Wildman–Crippen MR) is 172 cm³/mol. The average Bonchev–Trinajstić information content (AvgIpc) is 3.65. The third kappa shape index (κ3) is 9.48. The molecule has 0 spiro atoms. The monoisotopic (exact) mass is 597 g/mol. The van der Waals surface area contributed by atoms with Crippen LogP contribution < -0.4 is 5.32 Å². The van der Waals surface area contributed by atoms with Crippen LogP contribution in [0.5, 0.6) is 0 Å². The Balaban J connectivity index is 1.42. The molecule has 2 atom stereocenters. The number of carbonyl (C=O) groups is 3. The van der Waals surface area contributed by atoms with Gasteiger partial charge in [0, 0.05) is 68.4 Å². The highest BCUT2D eigenvalue weighted by Gasteiger charge is 2.31. The van der Waals surface area contributed by atoms with Gasteiger partial charge in [0.1, 0.15) is 5.78 Å². The number of thiazole rings is 1. The maximum Gasteiger partial charge on any atom is 0.224 e. The first-order valence-electron chi connectivity index (χ1n) is 15.6. The Hall–Kier alpha value is -2.03. The molecule has 2 aromatic rings. The lowest BCUT2D eigenvalue weighted by Gasteiger charge is -2.28. The molecule has 1 aromatic heterocycles. The Morgan fingerprint density at radius 3 is 2.59 bits per heavy atom. The normalized spacial score (nSPS) is 17.9. The Bertz CT molecular complexity index is 1200. The van der Waals surface area contributed by atoms with Gasteiger partial charge in [0.25, 0.3) is 0 Å². The second kappa shape index (κ2) is 16.0. The molecule has 2 aliphatic rings. The molecule has 4 rings (SSSR count). The molecular weight excluding hydrogens is 551 g/mol. The zero-order valence-corrected chi connectivity index (χ0v) is 26.6. The van der Waals surface area contributed by atoms with E-state index in [2.05, 4.69) is 41.9 Å². The number of benzene rings is 1. The van der Waals surface area contributed by atoms with Crippen LogP contribution >= 0.6 is 23.1 Å². The summed E-state index contributed by atoms with van der Waals surface area (Å²) < 4.78 is 1.13. The number of thioether (sulfide) groups is 1. The van der Waals surface area contributed by atoms with E-state index in [1.165, 1.54) is 5.56 Å². The average molecular weight is 598 g/mol. The number of hydrogen-bond donors (Lipinski definition) is 1. The minimum absolute atomic E-state index is 0.0561. The number of fused-ring (bicyclic) bond motifs is 1. The third-order valence-electron chi connectivity index (χ3n) is 8.59. The van der Waals surface area contributed by atoms with E-state index in [0.717, 1.165) is 78.3 Å². The number of carbonyl (C=O) groups excluding carboxylic acids is 3.